The van der Waals surface area contributed by atoms with E-state index in [1.165, 1.54) is 18.4 Å². The number of halogens is 2. The van der Waals surface area contributed by atoms with Crippen molar-refractivity contribution in [2.75, 3.05) is 13.1 Å². The Morgan fingerprint density at radius 2 is 1.93 bits per heavy atom. The van der Waals surface area contributed by atoms with Gasteiger partial charge in [-0.05, 0) is 74.3 Å². The Hall–Kier alpha value is -1.62. The molecule has 1 amide bonds. The van der Waals surface area contributed by atoms with E-state index in [4.69, 9.17) is 17.3 Å². The van der Waals surface area contributed by atoms with Gasteiger partial charge in [0, 0.05) is 42.0 Å². The first-order valence-electron chi connectivity index (χ1n) is 10.3. The molecule has 0 aliphatic heterocycles. The van der Waals surface area contributed by atoms with E-state index in [-0.39, 0.29) is 29.8 Å². The van der Waals surface area contributed by atoms with E-state index in [9.17, 15) is 4.79 Å². The summed E-state index contributed by atoms with van der Waals surface area (Å²) in [6, 6.07) is 12.1. The van der Waals surface area contributed by atoms with Crippen molar-refractivity contribution in [2.24, 2.45) is 11.7 Å². The molecule has 0 bridgehead atoms. The highest BCUT2D eigenvalue weighted by Gasteiger charge is 2.40. The van der Waals surface area contributed by atoms with Crippen LogP contribution in [0.4, 0.5) is 0 Å². The number of hydrogen-bond acceptors (Lipinski definition) is 3. The van der Waals surface area contributed by atoms with Crippen LogP contribution in [0.2, 0.25) is 5.02 Å². The van der Waals surface area contributed by atoms with Gasteiger partial charge in [-0.25, -0.2) is 0 Å². The molecule has 0 spiro atoms. The van der Waals surface area contributed by atoms with E-state index in [1.54, 1.807) is 12.4 Å². The van der Waals surface area contributed by atoms with Gasteiger partial charge in [-0.15, -0.1) is 12.4 Å². The minimum Gasteiger partial charge on any atom is -0.335 e. The van der Waals surface area contributed by atoms with Gasteiger partial charge < -0.3 is 10.6 Å². The smallest absolute Gasteiger partial charge is 0.255 e. The molecule has 1 aromatic carbocycles. The van der Waals surface area contributed by atoms with E-state index in [1.807, 2.05) is 24.3 Å². The van der Waals surface area contributed by atoms with Gasteiger partial charge >= 0.3 is 0 Å². The Morgan fingerprint density at radius 3 is 2.52 bits per heavy atom. The third-order valence-electron chi connectivity index (χ3n) is 6.50. The van der Waals surface area contributed by atoms with Crippen LogP contribution in [0.1, 0.15) is 54.4 Å². The molecule has 2 aromatic rings. The maximum Gasteiger partial charge on any atom is 0.255 e. The van der Waals surface area contributed by atoms with Crippen LogP contribution in [0, 0.1) is 5.92 Å². The third kappa shape index (κ3) is 4.93. The zero-order valence-corrected chi connectivity index (χ0v) is 18.2. The summed E-state index contributed by atoms with van der Waals surface area (Å²) in [6.07, 6.45) is 9.78. The summed E-state index contributed by atoms with van der Waals surface area (Å²) in [5.74, 6) is 0.780. The molecule has 0 atom stereocenters. The highest BCUT2D eigenvalue weighted by molar-refractivity contribution is 6.30. The molecule has 1 heterocycles. The summed E-state index contributed by atoms with van der Waals surface area (Å²) in [7, 11) is 0. The maximum atomic E-state index is 13.2. The Balaban J connectivity index is 0.00000240. The van der Waals surface area contributed by atoms with Crippen molar-refractivity contribution in [3.8, 4) is 0 Å². The standard InChI is InChI=1S/C23H28ClN3O.ClH/c24-20-5-1-4-19(13-20)23(16-25)10-8-21(9-11-23)27(15-17-6-7-17)22(28)18-3-2-12-26-14-18;/h1-5,12-14,17,21H,6-11,15-16,25H2;1H. The van der Waals surface area contributed by atoms with Gasteiger partial charge in [0.05, 0.1) is 5.56 Å². The lowest BCUT2D eigenvalue weighted by Crippen LogP contribution is -2.48. The number of rotatable bonds is 6. The summed E-state index contributed by atoms with van der Waals surface area (Å²) < 4.78 is 0. The molecule has 1 aromatic heterocycles. The minimum absolute atomic E-state index is 0. The van der Waals surface area contributed by atoms with Crippen molar-refractivity contribution in [3.05, 3.63) is 64.9 Å². The predicted octanol–water partition coefficient (Wildman–Crippen LogP) is 4.85. The summed E-state index contributed by atoms with van der Waals surface area (Å²) in [4.78, 5) is 19.5. The van der Waals surface area contributed by atoms with Crippen molar-refractivity contribution in [1.29, 1.82) is 0 Å². The number of benzene rings is 1. The summed E-state index contributed by atoms with van der Waals surface area (Å²) in [6.45, 7) is 1.48. The Kier molecular flexibility index (Phi) is 7.20. The zero-order chi connectivity index (χ0) is 19.6. The van der Waals surface area contributed by atoms with Crippen LogP contribution in [0.3, 0.4) is 0 Å². The highest BCUT2D eigenvalue weighted by Crippen LogP contribution is 2.42. The quantitative estimate of drug-likeness (QED) is 0.707. The zero-order valence-electron chi connectivity index (χ0n) is 16.6. The van der Waals surface area contributed by atoms with E-state index in [0.717, 1.165) is 37.3 Å². The summed E-state index contributed by atoms with van der Waals surface area (Å²) in [5.41, 5.74) is 8.13. The molecule has 156 valence electrons. The highest BCUT2D eigenvalue weighted by atomic mass is 35.5. The maximum absolute atomic E-state index is 13.2. The second-order valence-corrected chi connectivity index (χ2v) is 8.81. The predicted molar refractivity (Wildman–Crippen MR) is 120 cm³/mol. The third-order valence-corrected chi connectivity index (χ3v) is 6.74. The summed E-state index contributed by atoms with van der Waals surface area (Å²) in [5, 5.41) is 0.759. The molecule has 29 heavy (non-hydrogen) atoms. The van der Waals surface area contributed by atoms with Crippen LogP contribution < -0.4 is 5.73 Å². The number of amides is 1. The number of nitrogens with zero attached hydrogens (tertiary/aromatic N) is 2. The van der Waals surface area contributed by atoms with Gasteiger partial charge in [-0.1, -0.05) is 23.7 Å². The van der Waals surface area contributed by atoms with Gasteiger partial charge in [-0.3, -0.25) is 9.78 Å². The van der Waals surface area contributed by atoms with E-state index in [2.05, 4.69) is 22.0 Å². The van der Waals surface area contributed by atoms with E-state index >= 15 is 0 Å². The fourth-order valence-corrected chi connectivity index (χ4v) is 4.72. The number of nitrogens with two attached hydrogens (primary N) is 1. The summed E-state index contributed by atoms with van der Waals surface area (Å²) >= 11 is 6.24. The van der Waals surface area contributed by atoms with Crippen LogP contribution in [0.15, 0.2) is 48.8 Å². The van der Waals surface area contributed by atoms with Crippen molar-refractivity contribution >= 4 is 29.9 Å². The average molecular weight is 434 g/mol. The molecule has 2 aliphatic rings. The van der Waals surface area contributed by atoms with Crippen molar-refractivity contribution < 1.29 is 4.79 Å². The molecule has 0 unspecified atom stereocenters. The monoisotopic (exact) mass is 433 g/mol. The molecular formula is C23H29Cl2N3O. The first-order valence-corrected chi connectivity index (χ1v) is 10.7. The topological polar surface area (TPSA) is 59.2 Å². The molecule has 6 heteroatoms. The lowest BCUT2D eigenvalue weighted by atomic mass is 9.68. The van der Waals surface area contributed by atoms with Crippen LogP contribution >= 0.6 is 24.0 Å². The van der Waals surface area contributed by atoms with Crippen molar-refractivity contribution in [2.45, 2.75) is 50.0 Å². The van der Waals surface area contributed by atoms with Gasteiger partial charge in [0.1, 0.15) is 0 Å². The first-order chi connectivity index (χ1) is 13.6. The second-order valence-electron chi connectivity index (χ2n) is 8.37. The molecule has 4 rings (SSSR count). The molecule has 2 N–H and O–H groups in total. The first kappa shape index (κ1) is 22.1. The Labute approximate surface area is 184 Å². The van der Waals surface area contributed by atoms with Crippen LogP contribution in [-0.4, -0.2) is 34.9 Å². The largest absolute Gasteiger partial charge is 0.335 e. The number of aromatic nitrogens is 1. The molecule has 4 nitrogen and oxygen atoms in total. The molecule has 2 saturated carbocycles. The van der Waals surface area contributed by atoms with Gasteiger partial charge in [0.15, 0.2) is 0 Å². The van der Waals surface area contributed by atoms with Crippen molar-refractivity contribution in [1.82, 2.24) is 9.88 Å². The van der Waals surface area contributed by atoms with E-state index in [0.29, 0.717) is 18.0 Å². The number of carbonyl (C=O) groups is 1. The van der Waals surface area contributed by atoms with Crippen LogP contribution in [0.25, 0.3) is 0 Å². The number of carbonyl (C=O) groups excluding carboxylic acids is 1. The second kappa shape index (κ2) is 9.46. The average Bonchev–Trinajstić information content (AvgIpc) is 3.57. The Bertz CT molecular complexity index is 818. The van der Waals surface area contributed by atoms with Crippen LogP contribution in [-0.2, 0) is 5.41 Å². The molecular weight excluding hydrogens is 405 g/mol. The molecule has 0 saturated heterocycles. The lowest BCUT2D eigenvalue weighted by Gasteiger charge is -2.43. The van der Waals surface area contributed by atoms with Gasteiger partial charge in [0.25, 0.3) is 5.91 Å². The van der Waals surface area contributed by atoms with Gasteiger partial charge in [0.2, 0.25) is 0 Å². The van der Waals surface area contributed by atoms with E-state index < -0.39 is 0 Å². The van der Waals surface area contributed by atoms with Crippen LogP contribution in [0.5, 0.6) is 0 Å². The van der Waals surface area contributed by atoms with Gasteiger partial charge in [-0.2, -0.15) is 0 Å². The normalized spacial score (nSPS) is 23.9. The van der Waals surface area contributed by atoms with Crippen molar-refractivity contribution in [3.63, 3.8) is 0 Å². The number of pyridine rings is 1. The molecule has 0 radical (unpaired) electrons. The fraction of sp³-hybridized carbons (Fsp3) is 0.478. The molecule has 2 fully saturated rings. The minimum atomic E-state index is -0.0377. The SMILES string of the molecule is Cl.NCC1(c2cccc(Cl)c2)CCC(N(CC2CC2)C(=O)c2cccnc2)CC1. The Morgan fingerprint density at radius 1 is 1.17 bits per heavy atom. The molecule has 2 aliphatic carbocycles. The lowest BCUT2D eigenvalue weighted by molar-refractivity contribution is 0.0581. The fourth-order valence-electron chi connectivity index (χ4n) is 4.53. The number of hydrogen-bond donors (Lipinski definition) is 1.